The van der Waals surface area contributed by atoms with E-state index in [1.807, 2.05) is 34.6 Å². The fraction of sp³-hybridized carbons (Fsp3) is 0.810. The van der Waals surface area contributed by atoms with Crippen LogP contribution in [-0.4, -0.2) is 38.6 Å². The van der Waals surface area contributed by atoms with E-state index in [2.05, 4.69) is 39.7 Å². The van der Waals surface area contributed by atoms with E-state index < -0.39 is 6.16 Å². The zero-order valence-electron chi connectivity index (χ0n) is 19.6. The monoisotopic (exact) mass is 408 g/mol. The molecule has 0 rings (SSSR count). The molecule has 0 atom stereocenters. The van der Waals surface area contributed by atoms with Crippen LogP contribution < -0.4 is 0 Å². The van der Waals surface area contributed by atoms with E-state index in [1.165, 1.54) is 25.5 Å². The molecule has 0 heterocycles. The van der Waals surface area contributed by atoms with Crippen molar-refractivity contribution in [2.75, 3.05) is 26.4 Å². The minimum atomic E-state index is -0.588. The van der Waals surface area contributed by atoms with Crippen LogP contribution in [0.5, 0.6) is 0 Å². The highest BCUT2D eigenvalue weighted by Gasteiger charge is 2.21. The van der Waals surface area contributed by atoms with Crippen molar-refractivity contribution in [1.29, 1.82) is 0 Å². The molecule has 0 aliphatic heterocycles. The van der Waals surface area contributed by atoms with Crippen LogP contribution in [0.3, 0.4) is 0 Å². The highest BCUT2D eigenvalue weighted by Crippen LogP contribution is 2.14. The average molecular weight is 409 g/mol. The number of carbonyl (C=O) groups is 2. The van der Waals surface area contributed by atoms with Crippen LogP contribution in [0.15, 0.2) is 12.8 Å². The molecule has 0 bridgehead atoms. The molecular weight excluding hydrogens is 364 g/mol. The maximum Gasteiger partial charge on any atom is 0.508 e. The molecule has 0 aliphatic rings. The molecule has 0 aromatic heterocycles. The van der Waals surface area contributed by atoms with Crippen molar-refractivity contribution >= 4 is 12.1 Å². The highest BCUT2D eigenvalue weighted by atomic mass is 17.2. The van der Waals surface area contributed by atoms with E-state index in [0.29, 0.717) is 26.4 Å². The molecular formula is C21H44O7. The minimum absolute atomic E-state index is 0.134. The van der Waals surface area contributed by atoms with Gasteiger partial charge in [-0.2, -0.15) is 4.89 Å². The number of carbonyl (C=O) groups excluding carboxylic acids is 2. The van der Waals surface area contributed by atoms with E-state index in [-0.39, 0.29) is 11.4 Å². The molecule has 0 aromatic carbocycles. The maximum absolute atomic E-state index is 10.8. The van der Waals surface area contributed by atoms with Gasteiger partial charge in [0, 0.05) is 0 Å². The summed E-state index contributed by atoms with van der Waals surface area (Å²) in [6.07, 6.45) is 4.73. The summed E-state index contributed by atoms with van der Waals surface area (Å²) in [5, 5.41) is 0. The Morgan fingerprint density at radius 3 is 1.36 bits per heavy atom. The fourth-order valence-corrected chi connectivity index (χ4v) is 1.09. The Morgan fingerprint density at radius 2 is 1.21 bits per heavy atom. The highest BCUT2D eigenvalue weighted by molar-refractivity contribution is 5.75. The normalized spacial score (nSPS) is 9.04. The molecule has 7 nitrogen and oxygen atoms in total. The molecule has 0 aliphatic carbocycles. The van der Waals surface area contributed by atoms with Crippen LogP contribution in [0, 0.1) is 5.41 Å². The molecule has 0 fully saturated rings. The van der Waals surface area contributed by atoms with Gasteiger partial charge in [-0.15, -0.1) is 0 Å². The van der Waals surface area contributed by atoms with Crippen LogP contribution in [0.25, 0.3) is 0 Å². The minimum Gasteiger partial charge on any atom is -0.466 e. The topological polar surface area (TPSA) is 80.3 Å². The van der Waals surface area contributed by atoms with Gasteiger partial charge in [-0.25, -0.2) is 4.79 Å². The van der Waals surface area contributed by atoms with E-state index in [4.69, 9.17) is 4.74 Å². The third-order valence-electron chi connectivity index (χ3n) is 2.37. The SMILES string of the molecule is C=COOCC.CCCCC.CCOC(=O)C(C)(C)C.CCOC(=O)OCC. The molecule has 0 saturated heterocycles. The lowest BCUT2D eigenvalue weighted by Crippen LogP contribution is -2.22. The Hall–Kier alpha value is -1.76. The molecule has 0 spiro atoms. The Balaban J connectivity index is -0.000000141. The molecule has 7 heteroatoms. The number of hydrogen-bond acceptors (Lipinski definition) is 7. The van der Waals surface area contributed by atoms with Crippen molar-refractivity contribution in [2.24, 2.45) is 5.41 Å². The third-order valence-corrected chi connectivity index (χ3v) is 2.37. The van der Waals surface area contributed by atoms with Crippen LogP contribution in [0.2, 0.25) is 0 Å². The first-order valence-corrected chi connectivity index (χ1v) is 9.98. The van der Waals surface area contributed by atoms with Crippen LogP contribution in [0.4, 0.5) is 4.79 Å². The van der Waals surface area contributed by atoms with Gasteiger partial charge in [0.25, 0.3) is 0 Å². The van der Waals surface area contributed by atoms with Crippen molar-refractivity contribution in [2.45, 2.75) is 81.6 Å². The summed E-state index contributed by atoms with van der Waals surface area (Å²) >= 11 is 0. The molecule has 170 valence electrons. The first-order chi connectivity index (χ1) is 13.1. The zero-order valence-corrected chi connectivity index (χ0v) is 19.6. The smallest absolute Gasteiger partial charge is 0.466 e. The van der Waals surface area contributed by atoms with E-state index in [0.717, 1.165) is 0 Å². The molecule has 0 radical (unpaired) electrons. The first kappa shape index (κ1) is 33.8. The second kappa shape index (κ2) is 27.5. The van der Waals surface area contributed by atoms with E-state index >= 15 is 0 Å². The number of unbranched alkanes of at least 4 members (excludes halogenated alkanes) is 2. The van der Waals surface area contributed by atoms with Gasteiger partial charge < -0.3 is 19.1 Å². The lowest BCUT2D eigenvalue weighted by molar-refractivity contribution is -0.244. The Kier molecular flexibility index (Phi) is 33.1. The van der Waals surface area contributed by atoms with Crippen molar-refractivity contribution in [1.82, 2.24) is 0 Å². The zero-order chi connectivity index (χ0) is 22.8. The molecule has 28 heavy (non-hydrogen) atoms. The quantitative estimate of drug-likeness (QED) is 0.158. The number of ether oxygens (including phenoxy) is 3. The Morgan fingerprint density at radius 1 is 0.786 bits per heavy atom. The summed E-state index contributed by atoms with van der Waals surface area (Å²) in [5.74, 6) is -0.134. The first-order valence-electron chi connectivity index (χ1n) is 9.98. The predicted octanol–water partition coefficient (Wildman–Crippen LogP) is 6.07. The van der Waals surface area contributed by atoms with Crippen molar-refractivity contribution in [3.8, 4) is 0 Å². The van der Waals surface area contributed by atoms with Gasteiger partial charge >= 0.3 is 12.1 Å². The van der Waals surface area contributed by atoms with E-state index in [9.17, 15) is 9.59 Å². The summed E-state index contributed by atoms with van der Waals surface area (Å²) in [6, 6.07) is 0. The van der Waals surface area contributed by atoms with Crippen molar-refractivity contribution in [3.05, 3.63) is 12.8 Å². The Labute approximate surface area is 172 Å². The van der Waals surface area contributed by atoms with Crippen LogP contribution in [-0.2, 0) is 28.8 Å². The van der Waals surface area contributed by atoms with Gasteiger partial charge in [0.1, 0.15) is 6.26 Å². The molecule has 0 saturated carbocycles. The summed E-state index contributed by atoms with van der Waals surface area (Å²) in [4.78, 5) is 29.7. The van der Waals surface area contributed by atoms with Crippen molar-refractivity contribution in [3.63, 3.8) is 0 Å². The Bertz CT molecular complexity index is 326. The standard InChI is InChI=1S/C7H14O2.C5H10O3.C5H12.C4H8O2/c1-5-9-6(8)7(2,3)4;1-3-7-5(6)8-4-2;1-3-5-4-2;1-3-5-6-4-2/h5H2,1-4H3;3-4H2,1-2H3;3-5H2,1-2H3;3H,1,4H2,2H3. The van der Waals surface area contributed by atoms with Gasteiger partial charge in [0.05, 0.1) is 31.8 Å². The van der Waals surface area contributed by atoms with Gasteiger partial charge in [-0.3, -0.25) is 4.79 Å². The van der Waals surface area contributed by atoms with Gasteiger partial charge in [0.2, 0.25) is 0 Å². The average Bonchev–Trinajstić information content (AvgIpc) is 2.62. The number of esters is 1. The second-order valence-electron chi connectivity index (χ2n) is 6.11. The largest absolute Gasteiger partial charge is 0.508 e. The fourth-order valence-electron chi connectivity index (χ4n) is 1.09. The molecule has 0 aromatic rings. The number of hydrogen-bond donors (Lipinski definition) is 0. The lowest BCUT2D eigenvalue weighted by Gasteiger charge is -2.14. The predicted molar refractivity (Wildman–Crippen MR) is 113 cm³/mol. The van der Waals surface area contributed by atoms with Crippen molar-refractivity contribution < 1.29 is 33.6 Å². The summed E-state index contributed by atoms with van der Waals surface area (Å²) in [6.45, 7) is 22.1. The lowest BCUT2D eigenvalue weighted by atomic mass is 9.97. The van der Waals surface area contributed by atoms with Crippen LogP contribution >= 0.6 is 0 Å². The summed E-state index contributed by atoms with van der Waals surface area (Å²) in [5.41, 5.74) is -0.351. The summed E-state index contributed by atoms with van der Waals surface area (Å²) < 4.78 is 13.6. The van der Waals surface area contributed by atoms with E-state index in [1.54, 1.807) is 13.8 Å². The molecule has 0 unspecified atom stereocenters. The maximum atomic E-state index is 10.8. The van der Waals surface area contributed by atoms with Gasteiger partial charge in [-0.1, -0.05) is 39.7 Å². The molecule has 0 N–H and O–H groups in total. The van der Waals surface area contributed by atoms with Gasteiger partial charge in [0.15, 0.2) is 0 Å². The third kappa shape index (κ3) is 39.4. The number of rotatable bonds is 8. The summed E-state index contributed by atoms with van der Waals surface area (Å²) in [7, 11) is 0. The second-order valence-corrected chi connectivity index (χ2v) is 6.11. The van der Waals surface area contributed by atoms with Crippen LogP contribution in [0.1, 0.15) is 81.6 Å². The van der Waals surface area contributed by atoms with Gasteiger partial charge in [-0.05, 0) is 48.5 Å². The molecule has 0 amide bonds.